The van der Waals surface area contributed by atoms with Gasteiger partial charge in [-0.3, -0.25) is 0 Å². The summed E-state index contributed by atoms with van der Waals surface area (Å²) >= 11 is 0. The van der Waals surface area contributed by atoms with Gasteiger partial charge >= 0.3 is 0 Å². The first kappa shape index (κ1) is 15.3. The van der Waals surface area contributed by atoms with Gasteiger partial charge in [-0.2, -0.15) is 0 Å². The van der Waals surface area contributed by atoms with E-state index in [1.165, 1.54) is 77.4 Å². The predicted molar refractivity (Wildman–Crippen MR) is 83.5 cm³/mol. The maximum absolute atomic E-state index is 3.96. The molecule has 1 N–H and O–H groups in total. The van der Waals surface area contributed by atoms with Gasteiger partial charge in [-0.05, 0) is 71.0 Å². The van der Waals surface area contributed by atoms with E-state index >= 15 is 0 Å². The van der Waals surface area contributed by atoms with Crippen LogP contribution in [0.5, 0.6) is 0 Å². The predicted octanol–water partition coefficient (Wildman–Crippen LogP) is 3.81. The minimum atomic E-state index is 0.739. The van der Waals surface area contributed by atoms with Crippen molar-refractivity contribution in [3.63, 3.8) is 0 Å². The van der Waals surface area contributed by atoms with E-state index in [0.717, 1.165) is 18.0 Å². The van der Waals surface area contributed by atoms with Gasteiger partial charge < -0.3 is 10.2 Å². The fourth-order valence-electron chi connectivity index (χ4n) is 4.00. The molecule has 1 heterocycles. The molecule has 1 aliphatic heterocycles. The Bertz CT molecular complexity index is 235. The largest absolute Gasteiger partial charge is 0.311 e. The molecule has 2 aliphatic rings. The van der Waals surface area contributed by atoms with E-state index in [2.05, 4.69) is 24.1 Å². The van der Waals surface area contributed by atoms with Crippen molar-refractivity contribution >= 4 is 0 Å². The van der Waals surface area contributed by atoms with Gasteiger partial charge in [0.2, 0.25) is 0 Å². The molecule has 0 radical (unpaired) electrons. The Morgan fingerprint density at radius 1 is 1.00 bits per heavy atom. The van der Waals surface area contributed by atoms with Crippen molar-refractivity contribution in [1.82, 2.24) is 10.2 Å². The van der Waals surface area contributed by atoms with Gasteiger partial charge in [0, 0.05) is 12.1 Å². The summed E-state index contributed by atoms with van der Waals surface area (Å²) < 4.78 is 0. The van der Waals surface area contributed by atoms with E-state index in [4.69, 9.17) is 0 Å². The van der Waals surface area contributed by atoms with Crippen molar-refractivity contribution in [2.75, 3.05) is 19.6 Å². The summed E-state index contributed by atoms with van der Waals surface area (Å²) in [6.45, 7) is 8.66. The molecule has 0 aromatic heterocycles. The summed E-state index contributed by atoms with van der Waals surface area (Å²) in [5, 5.41) is 3.96. The number of likely N-dealkylation sites (tertiary alicyclic amines) is 1. The zero-order chi connectivity index (χ0) is 13.5. The summed E-state index contributed by atoms with van der Waals surface area (Å²) in [7, 11) is 0. The lowest BCUT2D eigenvalue weighted by Gasteiger charge is -2.31. The maximum atomic E-state index is 3.96. The fraction of sp³-hybridized carbons (Fsp3) is 1.00. The van der Waals surface area contributed by atoms with Crippen LogP contribution in [0.3, 0.4) is 0 Å². The Morgan fingerprint density at radius 3 is 2.53 bits per heavy atom. The monoisotopic (exact) mass is 266 g/mol. The van der Waals surface area contributed by atoms with E-state index in [1.807, 2.05) is 0 Å². The highest BCUT2D eigenvalue weighted by atomic mass is 15.1. The molecule has 2 rings (SSSR count). The van der Waals surface area contributed by atoms with Crippen LogP contribution in [0.1, 0.15) is 71.6 Å². The molecule has 0 amide bonds. The van der Waals surface area contributed by atoms with Gasteiger partial charge in [-0.25, -0.2) is 0 Å². The highest BCUT2D eigenvalue weighted by Crippen LogP contribution is 2.27. The van der Waals surface area contributed by atoms with Crippen LogP contribution < -0.4 is 5.32 Å². The van der Waals surface area contributed by atoms with Crippen LogP contribution >= 0.6 is 0 Å². The van der Waals surface area contributed by atoms with E-state index in [1.54, 1.807) is 0 Å². The summed E-state index contributed by atoms with van der Waals surface area (Å²) in [4.78, 5) is 2.66. The second kappa shape index (κ2) is 8.26. The van der Waals surface area contributed by atoms with Gasteiger partial charge in [0.1, 0.15) is 0 Å². The van der Waals surface area contributed by atoms with Crippen molar-refractivity contribution in [1.29, 1.82) is 0 Å². The molecule has 2 fully saturated rings. The fourth-order valence-corrected chi connectivity index (χ4v) is 4.00. The molecule has 0 bridgehead atoms. The van der Waals surface area contributed by atoms with E-state index in [0.29, 0.717) is 0 Å². The smallest absolute Gasteiger partial charge is 0.00823 e. The molecule has 1 aliphatic carbocycles. The van der Waals surface area contributed by atoms with Crippen molar-refractivity contribution in [3.05, 3.63) is 0 Å². The average Bonchev–Trinajstić information content (AvgIpc) is 2.66. The first-order chi connectivity index (χ1) is 9.29. The minimum absolute atomic E-state index is 0.739. The Morgan fingerprint density at radius 2 is 1.79 bits per heavy atom. The zero-order valence-corrected chi connectivity index (χ0v) is 13.2. The third-order valence-electron chi connectivity index (χ3n) is 5.22. The Labute approximate surface area is 120 Å². The molecule has 1 unspecified atom stereocenters. The van der Waals surface area contributed by atoms with E-state index in [9.17, 15) is 0 Å². The molecule has 19 heavy (non-hydrogen) atoms. The molecule has 2 heteroatoms. The van der Waals surface area contributed by atoms with Gasteiger partial charge in [0.25, 0.3) is 0 Å². The van der Waals surface area contributed by atoms with Crippen LogP contribution in [-0.2, 0) is 0 Å². The van der Waals surface area contributed by atoms with Crippen LogP contribution in [0, 0.1) is 5.92 Å². The van der Waals surface area contributed by atoms with Crippen molar-refractivity contribution in [2.24, 2.45) is 5.92 Å². The summed E-state index contributed by atoms with van der Waals surface area (Å²) in [6, 6.07) is 1.52. The lowest BCUT2D eigenvalue weighted by atomic mass is 9.84. The topological polar surface area (TPSA) is 15.3 Å². The van der Waals surface area contributed by atoms with Gasteiger partial charge in [-0.1, -0.05) is 26.2 Å². The van der Waals surface area contributed by atoms with E-state index in [-0.39, 0.29) is 0 Å². The third-order valence-corrected chi connectivity index (χ3v) is 5.22. The van der Waals surface area contributed by atoms with Crippen molar-refractivity contribution in [3.8, 4) is 0 Å². The summed E-state index contributed by atoms with van der Waals surface area (Å²) in [5.41, 5.74) is 0. The Balaban J connectivity index is 1.72. The molecular formula is C17H34N2. The molecule has 112 valence electrons. The molecular weight excluding hydrogens is 232 g/mol. The lowest BCUT2D eigenvalue weighted by molar-refractivity contribution is 0.251. The average molecular weight is 266 g/mol. The molecule has 0 aromatic carbocycles. The molecule has 2 atom stereocenters. The van der Waals surface area contributed by atoms with Gasteiger partial charge in [-0.15, -0.1) is 0 Å². The van der Waals surface area contributed by atoms with Crippen LogP contribution in [0.2, 0.25) is 0 Å². The molecule has 1 saturated heterocycles. The lowest BCUT2D eigenvalue weighted by Crippen LogP contribution is -2.42. The van der Waals surface area contributed by atoms with Crippen LogP contribution in [0.4, 0.5) is 0 Å². The highest BCUT2D eigenvalue weighted by molar-refractivity contribution is 4.82. The number of rotatable bonds is 5. The van der Waals surface area contributed by atoms with Crippen molar-refractivity contribution in [2.45, 2.75) is 83.7 Å². The Kier molecular flexibility index (Phi) is 6.66. The standard InChI is InChI=1S/C17H34N2/c1-3-12-19-13-7-10-17(11-14-19)18-15(2)16-8-5-4-6-9-16/h15-18H,3-14H2,1-2H3/t15-,17?/m0/s1. The number of nitrogens with zero attached hydrogens (tertiary/aromatic N) is 1. The summed E-state index contributed by atoms with van der Waals surface area (Å²) in [6.07, 6.45) is 12.8. The molecule has 1 saturated carbocycles. The van der Waals surface area contributed by atoms with Crippen molar-refractivity contribution < 1.29 is 0 Å². The second-order valence-corrected chi connectivity index (χ2v) is 6.82. The first-order valence-corrected chi connectivity index (χ1v) is 8.78. The Hall–Kier alpha value is -0.0800. The summed E-state index contributed by atoms with van der Waals surface area (Å²) in [5.74, 6) is 0.948. The van der Waals surface area contributed by atoms with Crippen LogP contribution in [-0.4, -0.2) is 36.6 Å². The second-order valence-electron chi connectivity index (χ2n) is 6.82. The zero-order valence-electron chi connectivity index (χ0n) is 13.2. The highest BCUT2D eigenvalue weighted by Gasteiger charge is 2.23. The maximum Gasteiger partial charge on any atom is 0.00823 e. The molecule has 0 aromatic rings. The normalized spacial score (nSPS) is 29.1. The van der Waals surface area contributed by atoms with E-state index < -0.39 is 0 Å². The minimum Gasteiger partial charge on any atom is -0.311 e. The number of hydrogen-bond donors (Lipinski definition) is 1. The third kappa shape index (κ3) is 5.07. The van der Waals surface area contributed by atoms with Crippen LogP contribution in [0.15, 0.2) is 0 Å². The van der Waals surface area contributed by atoms with Crippen LogP contribution in [0.25, 0.3) is 0 Å². The molecule has 0 spiro atoms. The number of nitrogens with one attached hydrogen (secondary N) is 1. The first-order valence-electron chi connectivity index (χ1n) is 8.78. The quantitative estimate of drug-likeness (QED) is 0.814. The number of hydrogen-bond acceptors (Lipinski definition) is 2. The van der Waals surface area contributed by atoms with Gasteiger partial charge in [0.15, 0.2) is 0 Å². The SMILES string of the molecule is CCCN1CCCC(N[C@@H](C)C2CCCCC2)CC1. The molecule has 2 nitrogen and oxygen atoms in total. The van der Waals surface area contributed by atoms with Gasteiger partial charge in [0.05, 0.1) is 0 Å².